The summed E-state index contributed by atoms with van der Waals surface area (Å²) in [6.45, 7) is 3.76. The predicted octanol–water partition coefficient (Wildman–Crippen LogP) is 2.11. The maximum Gasteiger partial charge on any atom is 0.249 e. The second-order valence-corrected chi connectivity index (χ2v) is 9.02. The molecule has 1 aromatic carbocycles. The topological polar surface area (TPSA) is 84.9 Å². The monoisotopic (exact) mass is 432 g/mol. The molecule has 7 nitrogen and oxygen atoms in total. The van der Waals surface area contributed by atoms with Crippen LogP contribution in [0.3, 0.4) is 0 Å². The fraction of sp³-hybridized carbons (Fsp3) is 0.652. The minimum Gasteiger partial charge on any atom is -0.396 e. The van der Waals surface area contributed by atoms with Gasteiger partial charge >= 0.3 is 0 Å². The number of carbonyl (C=O) groups excluding carboxylic acids is 2. The van der Waals surface area contributed by atoms with E-state index in [1.165, 1.54) is 31.7 Å². The number of hydrogen-bond acceptors (Lipinski definition) is 6. The summed E-state index contributed by atoms with van der Waals surface area (Å²) in [6, 6.07) is 5.12. The standard InChI is InChI=1S/C23H33FN4O3/c24-19-15-17(25-20-6-8-22(30)26-23(20)31)3-7-21(19)28-12-10-27(11-13-28)18-4-1-16(2-5-18)9-14-29/h3,7,15-16,18,20,25,29H,1-2,4-6,8-14H2,(H,26,30,31). The van der Waals surface area contributed by atoms with Gasteiger partial charge in [0, 0.05) is 50.9 Å². The molecule has 1 aromatic rings. The van der Waals surface area contributed by atoms with Crippen molar-refractivity contribution in [2.24, 2.45) is 5.92 Å². The van der Waals surface area contributed by atoms with E-state index in [1.54, 1.807) is 12.1 Å². The number of nitrogens with zero attached hydrogens (tertiary/aromatic N) is 2. The minimum atomic E-state index is -0.515. The van der Waals surface area contributed by atoms with Crippen LogP contribution in [0, 0.1) is 11.7 Å². The van der Waals surface area contributed by atoms with Gasteiger partial charge in [0.15, 0.2) is 0 Å². The lowest BCUT2D eigenvalue weighted by molar-refractivity contribution is -0.133. The number of rotatable bonds is 6. The summed E-state index contributed by atoms with van der Waals surface area (Å²) in [5, 5.41) is 14.5. The van der Waals surface area contributed by atoms with Crippen molar-refractivity contribution in [2.45, 2.75) is 57.0 Å². The molecule has 3 N–H and O–H groups in total. The summed E-state index contributed by atoms with van der Waals surface area (Å²) >= 11 is 0. The van der Waals surface area contributed by atoms with E-state index >= 15 is 0 Å². The average molecular weight is 433 g/mol. The molecule has 1 saturated carbocycles. The van der Waals surface area contributed by atoms with Gasteiger partial charge in [-0.2, -0.15) is 0 Å². The van der Waals surface area contributed by atoms with Gasteiger partial charge in [-0.3, -0.25) is 19.8 Å². The van der Waals surface area contributed by atoms with Crippen molar-refractivity contribution in [1.82, 2.24) is 10.2 Å². The highest BCUT2D eigenvalue weighted by atomic mass is 19.1. The highest BCUT2D eigenvalue weighted by Gasteiger charge is 2.29. The maximum atomic E-state index is 14.8. The Bertz CT molecular complexity index is 789. The fourth-order valence-electron chi connectivity index (χ4n) is 5.19. The molecular weight excluding hydrogens is 399 g/mol. The SMILES string of the molecule is O=C1CCC(Nc2ccc(N3CCN(C4CCC(CCO)CC4)CC3)c(F)c2)C(=O)N1. The largest absolute Gasteiger partial charge is 0.396 e. The van der Waals surface area contributed by atoms with Gasteiger partial charge in [-0.15, -0.1) is 0 Å². The quantitative estimate of drug-likeness (QED) is 0.597. The van der Waals surface area contributed by atoms with Crippen molar-refractivity contribution < 1.29 is 19.1 Å². The first kappa shape index (κ1) is 22.0. The minimum absolute atomic E-state index is 0.262. The number of piperazine rings is 1. The molecule has 31 heavy (non-hydrogen) atoms. The number of piperidine rings is 1. The van der Waals surface area contributed by atoms with Crippen molar-refractivity contribution in [3.8, 4) is 0 Å². The summed E-state index contributed by atoms with van der Waals surface area (Å²) < 4.78 is 14.8. The molecule has 1 aliphatic carbocycles. The second kappa shape index (κ2) is 9.96. The maximum absolute atomic E-state index is 14.8. The number of imide groups is 1. The molecule has 2 amide bonds. The molecule has 3 fully saturated rings. The predicted molar refractivity (Wildman–Crippen MR) is 117 cm³/mol. The van der Waals surface area contributed by atoms with Crippen LogP contribution in [0.25, 0.3) is 0 Å². The molecule has 3 aliphatic rings. The molecule has 0 radical (unpaired) electrons. The zero-order valence-electron chi connectivity index (χ0n) is 18.0. The van der Waals surface area contributed by atoms with Gasteiger partial charge < -0.3 is 15.3 Å². The number of benzene rings is 1. The molecule has 0 aromatic heterocycles. The zero-order chi connectivity index (χ0) is 21.8. The van der Waals surface area contributed by atoms with Gasteiger partial charge in [0.25, 0.3) is 0 Å². The van der Waals surface area contributed by atoms with Crippen molar-refractivity contribution in [1.29, 1.82) is 0 Å². The van der Waals surface area contributed by atoms with E-state index in [1.807, 2.05) is 0 Å². The first-order chi connectivity index (χ1) is 15.0. The Kier molecular flexibility index (Phi) is 7.07. The van der Waals surface area contributed by atoms with E-state index in [4.69, 9.17) is 5.11 Å². The lowest BCUT2D eigenvalue weighted by atomic mass is 9.83. The Morgan fingerprint density at radius 1 is 1.06 bits per heavy atom. The van der Waals surface area contributed by atoms with Gasteiger partial charge in [0.05, 0.1) is 5.69 Å². The molecule has 0 spiro atoms. The van der Waals surface area contributed by atoms with E-state index in [2.05, 4.69) is 20.4 Å². The number of aliphatic hydroxyl groups excluding tert-OH is 1. The molecule has 2 aliphatic heterocycles. The highest BCUT2D eigenvalue weighted by molar-refractivity contribution is 6.01. The Balaban J connectivity index is 1.29. The van der Waals surface area contributed by atoms with Crippen LogP contribution in [0.1, 0.15) is 44.9 Å². The van der Waals surface area contributed by atoms with Crippen molar-refractivity contribution in [3.05, 3.63) is 24.0 Å². The second-order valence-electron chi connectivity index (χ2n) is 9.02. The lowest BCUT2D eigenvalue weighted by Gasteiger charge is -2.42. The fourth-order valence-corrected chi connectivity index (χ4v) is 5.19. The Morgan fingerprint density at radius 2 is 1.81 bits per heavy atom. The molecule has 2 saturated heterocycles. The van der Waals surface area contributed by atoms with Crippen LogP contribution in [0.5, 0.6) is 0 Å². The normalized spacial score (nSPS) is 27.8. The molecular formula is C23H33FN4O3. The Morgan fingerprint density at radius 3 is 2.45 bits per heavy atom. The molecule has 0 bridgehead atoms. The number of anilines is 2. The molecule has 1 atom stereocenters. The van der Waals surface area contributed by atoms with E-state index in [-0.39, 0.29) is 24.1 Å². The molecule has 2 heterocycles. The first-order valence-corrected chi connectivity index (χ1v) is 11.5. The van der Waals surface area contributed by atoms with E-state index < -0.39 is 6.04 Å². The van der Waals surface area contributed by atoms with Gasteiger partial charge in [0.2, 0.25) is 11.8 Å². The third-order valence-corrected chi connectivity index (χ3v) is 7.05. The van der Waals surface area contributed by atoms with Crippen molar-refractivity contribution in [2.75, 3.05) is 43.0 Å². The molecule has 170 valence electrons. The van der Waals surface area contributed by atoms with Crippen LogP contribution in [-0.4, -0.2) is 66.7 Å². The number of aliphatic hydroxyl groups is 1. The van der Waals surface area contributed by atoms with Crippen LogP contribution in [0.2, 0.25) is 0 Å². The zero-order valence-corrected chi connectivity index (χ0v) is 18.0. The first-order valence-electron chi connectivity index (χ1n) is 11.5. The van der Waals surface area contributed by atoms with Crippen LogP contribution >= 0.6 is 0 Å². The Hall–Kier alpha value is -2.19. The van der Waals surface area contributed by atoms with E-state index in [0.29, 0.717) is 36.4 Å². The third kappa shape index (κ3) is 5.36. The number of hydrogen-bond donors (Lipinski definition) is 3. The van der Waals surface area contributed by atoms with Gasteiger partial charge in [-0.05, 0) is 62.6 Å². The summed E-state index contributed by atoms with van der Waals surface area (Å²) in [7, 11) is 0. The summed E-state index contributed by atoms with van der Waals surface area (Å²) in [6.07, 6.45) is 6.41. The van der Waals surface area contributed by atoms with Gasteiger partial charge in [-0.1, -0.05) is 0 Å². The van der Waals surface area contributed by atoms with Crippen LogP contribution in [0.15, 0.2) is 18.2 Å². The summed E-state index contributed by atoms with van der Waals surface area (Å²) in [5.41, 5.74) is 1.15. The van der Waals surface area contributed by atoms with Gasteiger partial charge in [-0.25, -0.2) is 4.39 Å². The lowest BCUT2D eigenvalue weighted by Crippen LogP contribution is -2.51. The number of nitrogens with one attached hydrogen (secondary N) is 2. The smallest absolute Gasteiger partial charge is 0.249 e. The summed E-state index contributed by atoms with van der Waals surface area (Å²) in [5.74, 6) is -0.247. The number of carbonyl (C=O) groups is 2. The van der Waals surface area contributed by atoms with E-state index in [0.717, 1.165) is 32.6 Å². The van der Waals surface area contributed by atoms with Gasteiger partial charge in [0.1, 0.15) is 11.9 Å². The van der Waals surface area contributed by atoms with Crippen LogP contribution in [0.4, 0.5) is 15.8 Å². The number of halogens is 1. The van der Waals surface area contributed by atoms with Crippen LogP contribution in [-0.2, 0) is 9.59 Å². The third-order valence-electron chi connectivity index (χ3n) is 7.05. The Labute approximate surface area is 183 Å². The van der Waals surface area contributed by atoms with Crippen molar-refractivity contribution in [3.63, 3.8) is 0 Å². The van der Waals surface area contributed by atoms with E-state index in [9.17, 15) is 14.0 Å². The highest BCUT2D eigenvalue weighted by Crippen LogP contribution is 2.31. The number of amides is 2. The van der Waals surface area contributed by atoms with Crippen LogP contribution < -0.4 is 15.5 Å². The average Bonchev–Trinajstić information content (AvgIpc) is 2.77. The van der Waals surface area contributed by atoms with Crippen molar-refractivity contribution >= 4 is 23.2 Å². The molecule has 4 rings (SSSR count). The molecule has 1 unspecified atom stereocenters. The molecule has 8 heteroatoms. The summed E-state index contributed by atoms with van der Waals surface area (Å²) in [4.78, 5) is 27.8.